The predicted molar refractivity (Wildman–Crippen MR) is 245 cm³/mol. The molecule has 65 heavy (non-hydrogen) atoms. The van der Waals surface area contributed by atoms with Crippen LogP contribution in [-0.4, -0.2) is 75.0 Å². The molecular weight excluding hydrogens is 926 g/mol. The Balaban J connectivity index is -0.000000294. The van der Waals surface area contributed by atoms with Crippen LogP contribution in [0.15, 0.2) is 54.6 Å². The molecule has 19 heteroatoms. The van der Waals surface area contributed by atoms with Crippen molar-refractivity contribution in [1.82, 2.24) is 0 Å². The van der Waals surface area contributed by atoms with Gasteiger partial charge in [-0.2, -0.15) is 0 Å². The summed E-state index contributed by atoms with van der Waals surface area (Å²) in [4.78, 5) is 23.9. The van der Waals surface area contributed by atoms with Crippen molar-refractivity contribution in [1.29, 1.82) is 0 Å². The largest absolute Gasteiger partial charge is 1.00 e. The van der Waals surface area contributed by atoms with E-state index in [9.17, 15) is 22.6 Å². The number of aryl methyl sites for hydroxylation is 1. The summed E-state index contributed by atoms with van der Waals surface area (Å²) < 4.78 is 99.4. The Kier molecular flexibility index (Phi) is 54.4. The number of unbranched alkanes of at least 4 members (excludes halogenated alkanes) is 19. The van der Waals surface area contributed by atoms with E-state index in [0.717, 1.165) is 69.3 Å². The standard InChI is InChI=1S/C24H34O.C20H38O6S.2CH4O3S.3Na/c1-2-3-4-5-6-7-8-9-10-12-15-22-18-20-24(21-19-22)25-23-16-13-11-14-17-23;1-3-5-7-9-11-13-15-18(21)19(27(23,24)25)17-20(22)26-16-14-12-10-8-6-4-2;2*1-5(2,3)4;;;/h11,13-14,16-21H,2-10,12,15H2,1H3;19H,3-17H2,1-2H3,(H,23,24,25);2*1H3,(H,2,3,4);;;/q;;;;3*+1/p-3. The summed E-state index contributed by atoms with van der Waals surface area (Å²) in [6, 6.07) is 18.5. The van der Waals surface area contributed by atoms with Crippen LogP contribution < -0.4 is 93.4 Å². The van der Waals surface area contributed by atoms with Crippen LogP contribution >= 0.6 is 0 Å². The molecule has 2 rings (SSSR count). The summed E-state index contributed by atoms with van der Waals surface area (Å²) in [6.45, 7) is 6.72. The normalized spacial score (nSPS) is 11.2. The van der Waals surface area contributed by atoms with E-state index in [4.69, 9.17) is 35.4 Å². The van der Waals surface area contributed by atoms with E-state index in [1.54, 1.807) is 0 Å². The molecule has 0 heterocycles. The van der Waals surface area contributed by atoms with Gasteiger partial charge in [-0.1, -0.05) is 173 Å². The number of ketones is 1. The van der Waals surface area contributed by atoms with Gasteiger partial charge in [-0.25, -0.2) is 25.3 Å². The Bertz CT molecular complexity index is 1690. The Morgan fingerprint density at radius 1 is 0.508 bits per heavy atom. The first kappa shape index (κ1) is 74.1. The molecule has 0 saturated carbocycles. The number of esters is 1. The van der Waals surface area contributed by atoms with Gasteiger partial charge in [-0.05, 0) is 55.5 Å². The van der Waals surface area contributed by atoms with Crippen LogP contribution in [0, 0.1) is 0 Å². The van der Waals surface area contributed by atoms with Crippen molar-refractivity contribution in [2.45, 2.75) is 187 Å². The zero-order valence-corrected chi connectivity index (χ0v) is 49.6. The third-order valence-electron chi connectivity index (χ3n) is 9.32. The number of benzene rings is 2. The van der Waals surface area contributed by atoms with Gasteiger partial charge in [-0.3, -0.25) is 9.59 Å². The van der Waals surface area contributed by atoms with E-state index in [-0.39, 0.29) is 102 Å². The van der Waals surface area contributed by atoms with Crippen LogP contribution in [0.4, 0.5) is 0 Å². The van der Waals surface area contributed by atoms with E-state index in [0.29, 0.717) is 25.4 Å². The molecular formula is C46H77Na3O13S3. The molecule has 360 valence electrons. The first-order valence-electron chi connectivity index (χ1n) is 22.5. The first-order chi connectivity index (χ1) is 29.2. The minimum atomic E-state index is -4.86. The van der Waals surface area contributed by atoms with E-state index >= 15 is 0 Å². The van der Waals surface area contributed by atoms with Crippen molar-refractivity contribution >= 4 is 42.1 Å². The van der Waals surface area contributed by atoms with E-state index in [2.05, 4.69) is 45.0 Å². The van der Waals surface area contributed by atoms with Gasteiger partial charge in [0.1, 0.15) is 32.7 Å². The predicted octanol–water partition coefficient (Wildman–Crippen LogP) is 1.79. The summed E-state index contributed by atoms with van der Waals surface area (Å²) >= 11 is 0. The summed E-state index contributed by atoms with van der Waals surface area (Å²) in [5.74, 6) is 0.351. The van der Waals surface area contributed by atoms with Gasteiger partial charge in [0.25, 0.3) is 0 Å². The molecule has 0 bridgehead atoms. The molecule has 1 unspecified atom stereocenters. The second-order valence-electron chi connectivity index (χ2n) is 15.6. The fourth-order valence-corrected chi connectivity index (χ4v) is 6.84. The van der Waals surface area contributed by atoms with Gasteiger partial charge in [-0.15, -0.1) is 0 Å². The first-order valence-corrected chi connectivity index (χ1v) is 27.6. The van der Waals surface area contributed by atoms with Gasteiger partial charge < -0.3 is 23.1 Å². The third kappa shape index (κ3) is 58.3. The average Bonchev–Trinajstić information content (AvgIpc) is 3.18. The smallest absolute Gasteiger partial charge is 0.748 e. The van der Waals surface area contributed by atoms with Crippen LogP contribution in [0.5, 0.6) is 11.5 Å². The molecule has 1 atom stereocenters. The molecule has 0 amide bonds. The molecule has 0 N–H and O–H groups in total. The molecule has 0 aliphatic carbocycles. The quantitative estimate of drug-likeness (QED) is 0.0456. The monoisotopic (exact) mass is 1000 g/mol. The van der Waals surface area contributed by atoms with Crippen molar-refractivity contribution in [3.63, 3.8) is 0 Å². The Morgan fingerprint density at radius 2 is 0.862 bits per heavy atom. The number of Topliss-reactive ketones (excluding diaryl/α,β-unsaturated/α-hetero) is 1. The van der Waals surface area contributed by atoms with Crippen LogP contribution in [0.25, 0.3) is 0 Å². The molecule has 13 nitrogen and oxygen atoms in total. The average molecular weight is 1000 g/mol. The molecule has 0 radical (unpaired) electrons. The fourth-order valence-electron chi connectivity index (χ4n) is 6.06. The number of ether oxygens (including phenoxy) is 2. The molecule has 0 spiro atoms. The summed E-state index contributed by atoms with van der Waals surface area (Å²) in [7, 11) is -12.7. The van der Waals surface area contributed by atoms with Crippen molar-refractivity contribution in [2.75, 3.05) is 19.1 Å². The van der Waals surface area contributed by atoms with Gasteiger partial charge >= 0.3 is 94.6 Å². The second kappa shape index (κ2) is 47.8. The van der Waals surface area contributed by atoms with E-state index in [1.807, 2.05) is 30.3 Å². The number of carbonyl (C=O) groups is 2. The van der Waals surface area contributed by atoms with Crippen LogP contribution in [-0.2, 0) is 51.1 Å². The number of carbonyl (C=O) groups excluding carboxylic acids is 2. The molecule has 2 aromatic carbocycles. The van der Waals surface area contributed by atoms with Gasteiger partial charge in [0.05, 0.1) is 33.3 Å². The molecule has 2 aromatic rings. The SMILES string of the molecule is CCCCCCCCCCCCc1ccc(Oc2ccccc2)cc1.CCCCCCCCOC(=O)CC(C(=O)CCCCCCCC)S(=O)(=O)[O-].CS(=O)(=O)[O-].CS(=O)(=O)[O-].[Na+].[Na+].[Na+]. The van der Waals surface area contributed by atoms with Crippen molar-refractivity contribution in [3.8, 4) is 11.5 Å². The number of hydrogen-bond donors (Lipinski definition) is 0. The Hall–Kier alpha value is 0.110. The fraction of sp³-hybridized carbons (Fsp3) is 0.696. The van der Waals surface area contributed by atoms with Crippen LogP contribution in [0.1, 0.15) is 180 Å². The van der Waals surface area contributed by atoms with E-state index in [1.165, 1.54) is 82.6 Å². The summed E-state index contributed by atoms with van der Waals surface area (Å²) in [6.07, 6.45) is 27.6. The Labute approximate surface area is 461 Å². The topological polar surface area (TPSA) is 224 Å². The molecule has 0 aliphatic rings. The van der Waals surface area contributed by atoms with Crippen molar-refractivity contribution in [3.05, 3.63) is 60.2 Å². The zero-order chi connectivity index (χ0) is 47.1. The summed E-state index contributed by atoms with van der Waals surface area (Å²) in [5, 5.41) is -1.81. The van der Waals surface area contributed by atoms with Crippen molar-refractivity contribution in [2.24, 2.45) is 0 Å². The molecule has 0 aromatic heterocycles. The maximum Gasteiger partial charge on any atom is 1.00 e. The Morgan fingerprint density at radius 3 is 1.26 bits per heavy atom. The summed E-state index contributed by atoms with van der Waals surface area (Å²) in [5.41, 5.74) is 1.42. The van der Waals surface area contributed by atoms with Gasteiger partial charge in [0.2, 0.25) is 0 Å². The number of rotatable bonds is 31. The maximum atomic E-state index is 12.1. The van der Waals surface area contributed by atoms with Crippen molar-refractivity contribution < 1.29 is 147 Å². The minimum Gasteiger partial charge on any atom is -0.748 e. The second-order valence-corrected chi connectivity index (χ2v) is 19.9. The zero-order valence-electron chi connectivity index (χ0n) is 41.2. The maximum absolute atomic E-state index is 12.1. The van der Waals surface area contributed by atoms with Crippen LogP contribution in [0.3, 0.4) is 0 Å². The van der Waals surface area contributed by atoms with Crippen LogP contribution in [0.2, 0.25) is 0 Å². The molecule has 0 fully saturated rings. The van der Waals surface area contributed by atoms with Gasteiger partial charge in [0.15, 0.2) is 0 Å². The molecule has 0 saturated heterocycles. The molecule has 0 aliphatic heterocycles. The van der Waals surface area contributed by atoms with E-state index < -0.39 is 53.8 Å². The number of hydrogen-bond acceptors (Lipinski definition) is 13. The van der Waals surface area contributed by atoms with Gasteiger partial charge in [0, 0.05) is 18.9 Å². The minimum absolute atomic E-state index is 0. The number of para-hydroxylation sites is 1. The third-order valence-corrected chi connectivity index (χ3v) is 10.4.